The van der Waals surface area contributed by atoms with Crippen LogP contribution < -0.4 is 0 Å². The molecule has 2 saturated heterocycles. The summed E-state index contributed by atoms with van der Waals surface area (Å²) in [7, 11) is 0. The minimum absolute atomic E-state index is 0.0388. The Morgan fingerprint density at radius 1 is 1.19 bits per heavy atom. The Morgan fingerprint density at radius 3 is 2.78 bits per heavy atom. The zero-order valence-corrected chi connectivity index (χ0v) is 15.7. The number of aliphatic hydroxyl groups is 1. The topological polar surface area (TPSA) is 48.7 Å². The van der Waals surface area contributed by atoms with Crippen molar-refractivity contribution >= 4 is 16.8 Å². The summed E-state index contributed by atoms with van der Waals surface area (Å²) in [5.41, 5.74) is 0.155. The van der Waals surface area contributed by atoms with Gasteiger partial charge in [0.1, 0.15) is 12.7 Å². The van der Waals surface area contributed by atoms with Crippen molar-refractivity contribution in [2.45, 2.75) is 44.0 Å². The molecule has 0 saturated carbocycles. The molecule has 5 nitrogen and oxygen atoms in total. The summed E-state index contributed by atoms with van der Waals surface area (Å²) < 4.78 is 15.3. The van der Waals surface area contributed by atoms with E-state index in [0.717, 1.165) is 17.3 Å². The molecule has 1 N–H and O–H groups in total. The average Bonchev–Trinajstić information content (AvgIpc) is 3.06. The molecule has 0 radical (unpaired) electrons. The van der Waals surface area contributed by atoms with Gasteiger partial charge in [-0.05, 0) is 43.2 Å². The van der Waals surface area contributed by atoms with E-state index in [-0.39, 0.29) is 12.5 Å². The third kappa shape index (κ3) is 4.17. The summed E-state index contributed by atoms with van der Waals surface area (Å²) in [6.07, 6.45) is 3.81. The first kappa shape index (κ1) is 18.4. The quantitative estimate of drug-likeness (QED) is 0.896. The Kier molecular flexibility index (Phi) is 5.19. The largest absolute Gasteiger partial charge is 0.387 e. The number of piperidine rings is 2. The second kappa shape index (κ2) is 7.60. The van der Waals surface area contributed by atoms with Crippen LogP contribution in [0.3, 0.4) is 0 Å². The molecule has 6 heteroatoms. The first-order chi connectivity index (χ1) is 13.0. The predicted octanol–water partition coefficient (Wildman–Crippen LogP) is 2.43. The molecule has 1 atom stereocenters. The van der Waals surface area contributed by atoms with Gasteiger partial charge in [-0.15, -0.1) is 0 Å². The second-order valence-corrected chi connectivity index (χ2v) is 8.10. The van der Waals surface area contributed by atoms with Crippen LogP contribution in [0.25, 0.3) is 10.9 Å². The molecule has 1 aromatic heterocycles. The van der Waals surface area contributed by atoms with E-state index in [1.807, 2.05) is 41.1 Å². The van der Waals surface area contributed by atoms with E-state index in [4.69, 9.17) is 0 Å². The third-order valence-electron chi connectivity index (χ3n) is 5.93. The molecule has 0 spiro atoms. The number of aromatic nitrogens is 1. The normalized spacial score (nSPS) is 25.2. The number of fused-ring (bicyclic) bond motifs is 1. The van der Waals surface area contributed by atoms with E-state index < -0.39 is 11.8 Å². The van der Waals surface area contributed by atoms with Gasteiger partial charge in [0.2, 0.25) is 5.91 Å². The van der Waals surface area contributed by atoms with Gasteiger partial charge in [0, 0.05) is 37.9 Å². The third-order valence-corrected chi connectivity index (χ3v) is 5.93. The Morgan fingerprint density at radius 2 is 1.96 bits per heavy atom. The maximum Gasteiger partial charge on any atom is 0.242 e. The zero-order valence-electron chi connectivity index (χ0n) is 15.7. The number of benzene rings is 1. The van der Waals surface area contributed by atoms with E-state index in [9.17, 15) is 14.3 Å². The van der Waals surface area contributed by atoms with Crippen molar-refractivity contribution in [2.75, 3.05) is 32.7 Å². The fourth-order valence-electron chi connectivity index (χ4n) is 4.45. The lowest BCUT2D eigenvalue weighted by Crippen LogP contribution is -2.57. The number of likely N-dealkylation sites (tertiary alicyclic amines) is 2. The highest BCUT2D eigenvalue weighted by molar-refractivity contribution is 5.83. The van der Waals surface area contributed by atoms with Gasteiger partial charge in [-0.3, -0.25) is 4.79 Å². The van der Waals surface area contributed by atoms with E-state index >= 15 is 0 Å². The number of hydrogen-bond donors (Lipinski definition) is 1. The van der Waals surface area contributed by atoms with Crippen LogP contribution in [-0.2, 0) is 11.3 Å². The molecule has 1 amide bonds. The number of hydrogen-bond acceptors (Lipinski definition) is 3. The number of alkyl halides is 1. The van der Waals surface area contributed by atoms with Crippen LogP contribution in [-0.4, -0.2) is 69.9 Å². The molecule has 2 aliphatic heterocycles. The van der Waals surface area contributed by atoms with Gasteiger partial charge in [0.15, 0.2) is 0 Å². The molecule has 1 aromatic carbocycles. The predicted molar refractivity (Wildman–Crippen MR) is 103 cm³/mol. The lowest BCUT2D eigenvalue weighted by atomic mass is 9.91. The molecule has 4 rings (SSSR count). The average molecular weight is 373 g/mol. The van der Waals surface area contributed by atoms with Crippen molar-refractivity contribution in [1.29, 1.82) is 0 Å². The summed E-state index contributed by atoms with van der Waals surface area (Å²) in [4.78, 5) is 16.8. The van der Waals surface area contributed by atoms with Crippen LogP contribution in [0, 0.1) is 0 Å². The smallest absolute Gasteiger partial charge is 0.242 e. The number of halogens is 1. The fraction of sp³-hybridized carbons (Fsp3) is 0.571. The summed E-state index contributed by atoms with van der Waals surface area (Å²) in [6.45, 7) is 3.24. The van der Waals surface area contributed by atoms with Crippen LogP contribution in [0.15, 0.2) is 36.5 Å². The number of rotatable bonds is 4. The molecule has 2 fully saturated rings. The first-order valence-electron chi connectivity index (χ1n) is 9.93. The highest BCUT2D eigenvalue weighted by Gasteiger charge is 2.37. The van der Waals surface area contributed by atoms with Gasteiger partial charge in [-0.25, -0.2) is 4.39 Å². The number of nitrogens with zero attached hydrogens (tertiary/aromatic N) is 3. The van der Waals surface area contributed by atoms with Crippen molar-refractivity contribution in [1.82, 2.24) is 14.4 Å². The summed E-state index contributed by atoms with van der Waals surface area (Å²) in [5.74, 6) is 0.0388. The van der Waals surface area contributed by atoms with Gasteiger partial charge in [-0.1, -0.05) is 18.2 Å². The van der Waals surface area contributed by atoms with Crippen molar-refractivity contribution in [2.24, 2.45) is 0 Å². The standard InChI is InChI=1S/C21H28FN3O2/c22-18-7-11-23(12-8-18)15-21(27)9-3-10-25(16-21)20(26)14-24-13-6-17-4-1-2-5-19(17)24/h1-2,4-6,13,18,27H,3,7-12,14-16H2. The highest BCUT2D eigenvalue weighted by Crippen LogP contribution is 2.25. The number of β-amino-alcohol motifs (C(OH)–C–C–N with tert-alkyl or cyclic N) is 1. The first-order valence-corrected chi connectivity index (χ1v) is 9.93. The molecular formula is C21H28FN3O2. The van der Waals surface area contributed by atoms with Crippen molar-refractivity contribution in [3.63, 3.8) is 0 Å². The SMILES string of the molecule is O=C(Cn1ccc2ccccc21)N1CCCC(O)(CN2CCC(F)CC2)C1. The van der Waals surface area contributed by atoms with Crippen LogP contribution in [0.1, 0.15) is 25.7 Å². The van der Waals surface area contributed by atoms with Crippen LogP contribution in [0.5, 0.6) is 0 Å². The zero-order chi connectivity index (χ0) is 18.9. The molecule has 2 aliphatic rings. The molecule has 1 unspecified atom stereocenters. The van der Waals surface area contributed by atoms with Crippen LogP contribution in [0.4, 0.5) is 4.39 Å². The molecule has 27 heavy (non-hydrogen) atoms. The summed E-state index contributed by atoms with van der Waals surface area (Å²) in [5, 5.41) is 12.2. The number of amides is 1. The second-order valence-electron chi connectivity index (χ2n) is 8.10. The van der Waals surface area contributed by atoms with E-state index in [0.29, 0.717) is 52.0 Å². The molecular weight excluding hydrogens is 345 g/mol. The van der Waals surface area contributed by atoms with Crippen LogP contribution >= 0.6 is 0 Å². The molecule has 2 aromatic rings. The summed E-state index contributed by atoms with van der Waals surface area (Å²) in [6, 6.07) is 10.0. The van der Waals surface area contributed by atoms with E-state index in [1.165, 1.54) is 0 Å². The van der Waals surface area contributed by atoms with Gasteiger partial charge < -0.3 is 19.5 Å². The lowest BCUT2D eigenvalue weighted by molar-refractivity contribution is -0.140. The van der Waals surface area contributed by atoms with E-state index in [1.54, 1.807) is 4.90 Å². The molecule has 3 heterocycles. The minimum atomic E-state index is -0.893. The van der Waals surface area contributed by atoms with Crippen molar-refractivity contribution < 1.29 is 14.3 Å². The van der Waals surface area contributed by atoms with E-state index in [2.05, 4.69) is 4.90 Å². The van der Waals surface area contributed by atoms with Gasteiger partial charge >= 0.3 is 0 Å². The highest BCUT2D eigenvalue weighted by atomic mass is 19.1. The Labute approximate surface area is 159 Å². The van der Waals surface area contributed by atoms with Gasteiger partial charge in [-0.2, -0.15) is 0 Å². The minimum Gasteiger partial charge on any atom is -0.387 e. The number of carbonyl (C=O) groups is 1. The lowest BCUT2D eigenvalue weighted by Gasteiger charge is -2.43. The Balaban J connectivity index is 1.39. The molecule has 0 bridgehead atoms. The van der Waals surface area contributed by atoms with Crippen LogP contribution in [0.2, 0.25) is 0 Å². The summed E-state index contributed by atoms with van der Waals surface area (Å²) >= 11 is 0. The fourth-order valence-corrected chi connectivity index (χ4v) is 4.45. The van der Waals surface area contributed by atoms with Crippen molar-refractivity contribution in [3.8, 4) is 0 Å². The van der Waals surface area contributed by atoms with Crippen molar-refractivity contribution in [3.05, 3.63) is 36.5 Å². The Hall–Kier alpha value is -1.92. The Bertz CT molecular complexity index is 800. The maximum absolute atomic E-state index is 13.3. The molecule has 0 aliphatic carbocycles. The number of para-hydroxylation sites is 1. The monoisotopic (exact) mass is 373 g/mol. The number of carbonyl (C=O) groups excluding carboxylic acids is 1. The van der Waals surface area contributed by atoms with Gasteiger partial charge in [0.05, 0.1) is 12.1 Å². The molecule has 146 valence electrons. The maximum atomic E-state index is 13.3. The van der Waals surface area contributed by atoms with Gasteiger partial charge in [0.25, 0.3) is 0 Å².